The SMILES string of the molecule is N#Cc1ccc(NC(=O)CSc2nc3ccccc3n3c(-c4ccccc4)nnc23)cc1. The number of benzene rings is 3. The zero-order chi connectivity index (χ0) is 21.9. The van der Waals surface area contributed by atoms with Crippen molar-refractivity contribution in [1.82, 2.24) is 19.6 Å². The molecule has 0 radical (unpaired) electrons. The number of carbonyl (C=O) groups is 1. The highest BCUT2D eigenvalue weighted by Gasteiger charge is 2.17. The van der Waals surface area contributed by atoms with Crippen LogP contribution in [0.5, 0.6) is 0 Å². The Labute approximate surface area is 187 Å². The minimum absolute atomic E-state index is 0.161. The molecule has 1 amide bonds. The summed E-state index contributed by atoms with van der Waals surface area (Å²) in [7, 11) is 0. The van der Waals surface area contributed by atoms with Gasteiger partial charge in [-0.25, -0.2) is 4.98 Å². The molecule has 3 aromatic carbocycles. The molecule has 7 nitrogen and oxygen atoms in total. The molecule has 2 aromatic heterocycles. The fraction of sp³-hybridized carbons (Fsp3) is 0.0417. The fourth-order valence-electron chi connectivity index (χ4n) is 3.39. The molecule has 5 rings (SSSR count). The van der Waals surface area contributed by atoms with Gasteiger partial charge in [0.1, 0.15) is 5.03 Å². The van der Waals surface area contributed by atoms with Gasteiger partial charge in [0.25, 0.3) is 0 Å². The van der Waals surface area contributed by atoms with E-state index >= 15 is 0 Å². The molecule has 1 N–H and O–H groups in total. The van der Waals surface area contributed by atoms with E-state index < -0.39 is 0 Å². The van der Waals surface area contributed by atoms with Gasteiger partial charge in [-0.2, -0.15) is 5.26 Å². The van der Waals surface area contributed by atoms with Crippen LogP contribution in [-0.2, 0) is 4.79 Å². The number of amides is 1. The number of rotatable bonds is 5. The third kappa shape index (κ3) is 3.77. The molecule has 0 aliphatic carbocycles. The van der Waals surface area contributed by atoms with Gasteiger partial charge in [-0.15, -0.1) is 10.2 Å². The summed E-state index contributed by atoms with van der Waals surface area (Å²) in [6, 6.07) is 26.5. The van der Waals surface area contributed by atoms with Crippen LogP contribution in [0.1, 0.15) is 5.56 Å². The van der Waals surface area contributed by atoms with E-state index in [-0.39, 0.29) is 11.7 Å². The smallest absolute Gasteiger partial charge is 0.234 e. The molecule has 0 saturated carbocycles. The van der Waals surface area contributed by atoms with Crippen molar-refractivity contribution < 1.29 is 4.79 Å². The number of hydrogen-bond acceptors (Lipinski definition) is 6. The average molecular weight is 437 g/mol. The predicted molar refractivity (Wildman–Crippen MR) is 124 cm³/mol. The molecule has 2 heterocycles. The van der Waals surface area contributed by atoms with Crippen molar-refractivity contribution in [2.75, 3.05) is 11.1 Å². The van der Waals surface area contributed by atoms with E-state index in [0.717, 1.165) is 22.4 Å². The van der Waals surface area contributed by atoms with E-state index in [1.54, 1.807) is 24.3 Å². The Balaban J connectivity index is 1.46. The van der Waals surface area contributed by atoms with Gasteiger partial charge in [-0.3, -0.25) is 9.20 Å². The summed E-state index contributed by atoms with van der Waals surface area (Å²) in [5.74, 6) is 0.716. The molecule has 0 aliphatic heterocycles. The van der Waals surface area contributed by atoms with Crippen LogP contribution in [-0.4, -0.2) is 31.2 Å². The topological polar surface area (TPSA) is 96.0 Å². The normalized spacial score (nSPS) is 10.8. The second kappa shape index (κ2) is 8.49. The maximum Gasteiger partial charge on any atom is 0.234 e. The molecule has 0 unspecified atom stereocenters. The number of nitrogens with zero attached hydrogens (tertiary/aromatic N) is 5. The van der Waals surface area contributed by atoms with Crippen molar-refractivity contribution in [3.63, 3.8) is 0 Å². The molecular formula is C24H16N6OS. The summed E-state index contributed by atoms with van der Waals surface area (Å²) in [5, 5.41) is 21.2. The third-order valence-electron chi connectivity index (χ3n) is 4.87. The predicted octanol–water partition coefficient (Wildman–Crippen LogP) is 4.55. The minimum Gasteiger partial charge on any atom is -0.325 e. The van der Waals surface area contributed by atoms with Crippen LogP contribution < -0.4 is 5.32 Å². The number of carbonyl (C=O) groups excluding carboxylic acids is 1. The number of anilines is 1. The molecule has 0 saturated heterocycles. The lowest BCUT2D eigenvalue weighted by Crippen LogP contribution is -2.14. The Morgan fingerprint density at radius 3 is 2.50 bits per heavy atom. The molecule has 154 valence electrons. The van der Waals surface area contributed by atoms with Crippen LogP contribution in [0.15, 0.2) is 83.9 Å². The van der Waals surface area contributed by atoms with Crippen LogP contribution in [0.25, 0.3) is 28.1 Å². The van der Waals surface area contributed by atoms with E-state index in [1.807, 2.05) is 59.0 Å². The molecule has 8 heteroatoms. The molecular weight excluding hydrogens is 420 g/mol. The summed E-state index contributed by atoms with van der Waals surface area (Å²) in [6.45, 7) is 0. The summed E-state index contributed by atoms with van der Waals surface area (Å²) >= 11 is 1.31. The minimum atomic E-state index is -0.171. The Morgan fingerprint density at radius 1 is 0.969 bits per heavy atom. The number of fused-ring (bicyclic) bond motifs is 3. The van der Waals surface area contributed by atoms with Crippen LogP contribution in [0.4, 0.5) is 5.69 Å². The Kier molecular flexibility index (Phi) is 5.24. The van der Waals surface area contributed by atoms with Gasteiger partial charge in [-0.1, -0.05) is 54.2 Å². The van der Waals surface area contributed by atoms with Crippen molar-refractivity contribution in [2.24, 2.45) is 0 Å². The van der Waals surface area contributed by atoms with E-state index in [1.165, 1.54) is 11.8 Å². The molecule has 5 aromatic rings. The van der Waals surface area contributed by atoms with E-state index in [2.05, 4.69) is 21.6 Å². The number of aromatic nitrogens is 4. The van der Waals surface area contributed by atoms with Gasteiger partial charge in [0.2, 0.25) is 5.91 Å². The zero-order valence-electron chi connectivity index (χ0n) is 16.8. The van der Waals surface area contributed by atoms with Crippen molar-refractivity contribution in [2.45, 2.75) is 5.03 Å². The second-order valence-corrected chi connectivity index (χ2v) is 7.94. The van der Waals surface area contributed by atoms with Gasteiger partial charge in [0.05, 0.1) is 28.4 Å². The first-order chi connectivity index (χ1) is 15.7. The lowest BCUT2D eigenvalue weighted by molar-refractivity contribution is -0.113. The Bertz CT molecular complexity index is 1470. The van der Waals surface area contributed by atoms with Gasteiger partial charge >= 0.3 is 0 Å². The number of para-hydroxylation sites is 2. The van der Waals surface area contributed by atoms with Crippen molar-refractivity contribution in [3.05, 3.63) is 84.4 Å². The first kappa shape index (κ1) is 19.7. The monoisotopic (exact) mass is 436 g/mol. The van der Waals surface area contributed by atoms with Crippen molar-refractivity contribution in [3.8, 4) is 17.5 Å². The summed E-state index contributed by atoms with van der Waals surface area (Å²) in [4.78, 5) is 17.2. The van der Waals surface area contributed by atoms with Crippen LogP contribution in [0.2, 0.25) is 0 Å². The number of hydrogen-bond donors (Lipinski definition) is 1. The van der Waals surface area contributed by atoms with E-state index in [9.17, 15) is 4.79 Å². The third-order valence-corrected chi connectivity index (χ3v) is 5.82. The van der Waals surface area contributed by atoms with Crippen molar-refractivity contribution >= 4 is 40.0 Å². The van der Waals surface area contributed by atoms with Crippen molar-refractivity contribution in [1.29, 1.82) is 5.26 Å². The molecule has 0 bridgehead atoms. The summed E-state index contributed by atoms with van der Waals surface area (Å²) < 4.78 is 1.98. The van der Waals surface area contributed by atoms with Gasteiger partial charge < -0.3 is 5.32 Å². The summed E-state index contributed by atoms with van der Waals surface area (Å²) in [6.07, 6.45) is 0. The highest BCUT2D eigenvalue weighted by Crippen LogP contribution is 2.29. The standard InChI is InChI=1S/C24H16N6OS/c25-14-16-10-12-18(13-11-16)26-21(31)15-32-24-23-29-28-22(17-6-2-1-3-7-17)30(23)20-9-5-4-8-19(20)27-24/h1-13H,15H2,(H,26,31). The van der Waals surface area contributed by atoms with Crippen LogP contribution in [0, 0.1) is 11.3 Å². The van der Waals surface area contributed by atoms with Gasteiger partial charge in [0, 0.05) is 11.3 Å². The second-order valence-electron chi connectivity index (χ2n) is 6.98. The molecule has 0 aliphatic rings. The molecule has 0 spiro atoms. The largest absolute Gasteiger partial charge is 0.325 e. The molecule has 32 heavy (non-hydrogen) atoms. The lowest BCUT2D eigenvalue weighted by Gasteiger charge is -2.09. The lowest BCUT2D eigenvalue weighted by atomic mass is 10.2. The first-order valence-corrected chi connectivity index (χ1v) is 10.8. The summed E-state index contributed by atoms with van der Waals surface area (Å²) in [5.41, 5.74) is 4.44. The Hall–Kier alpha value is -4.22. The zero-order valence-corrected chi connectivity index (χ0v) is 17.6. The average Bonchev–Trinajstić information content (AvgIpc) is 3.29. The van der Waals surface area contributed by atoms with Crippen LogP contribution >= 0.6 is 11.8 Å². The van der Waals surface area contributed by atoms with Crippen LogP contribution in [0.3, 0.4) is 0 Å². The highest BCUT2D eigenvalue weighted by atomic mass is 32.2. The fourth-order valence-corrected chi connectivity index (χ4v) is 4.15. The van der Waals surface area contributed by atoms with E-state index in [0.29, 0.717) is 21.9 Å². The van der Waals surface area contributed by atoms with Gasteiger partial charge in [0.15, 0.2) is 11.5 Å². The maximum atomic E-state index is 12.5. The highest BCUT2D eigenvalue weighted by molar-refractivity contribution is 8.00. The van der Waals surface area contributed by atoms with Gasteiger partial charge in [-0.05, 0) is 36.4 Å². The number of nitriles is 1. The quantitative estimate of drug-likeness (QED) is 0.406. The Morgan fingerprint density at radius 2 is 1.72 bits per heavy atom. The molecule has 0 fully saturated rings. The molecule has 0 atom stereocenters. The maximum absolute atomic E-state index is 12.5. The first-order valence-electron chi connectivity index (χ1n) is 9.85. The number of thioether (sulfide) groups is 1. The number of nitrogens with one attached hydrogen (secondary N) is 1. The van der Waals surface area contributed by atoms with E-state index in [4.69, 9.17) is 10.2 Å².